The van der Waals surface area contributed by atoms with Crippen molar-refractivity contribution in [1.82, 2.24) is 0 Å². The highest BCUT2D eigenvalue weighted by atomic mass is 16.5. The van der Waals surface area contributed by atoms with E-state index < -0.39 is 0 Å². The van der Waals surface area contributed by atoms with Crippen molar-refractivity contribution in [2.45, 2.75) is 31.8 Å². The zero-order chi connectivity index (χ0) is 12.3. The van der Waals surface area contributed by atoms with Crippen LogP contribution in [0, 0.1) is 0 Å². The molecule has 17 heavy (non-hydrogen) atoms. The highest BCUT2D eigenvalue weighted by Gasteiger charge is 2.27. The van der Waals surface area contributed by atoms with Crippen LogP contribution < -0.4 is 10.5 Å². The first kappa shape index (κ1) is 12.4. The molecule has 1 aromatic carbocycles. The lowest BCUT2D eigenvalue weighted by Gasteiger charge is -2.28. The molecule has 3 heteroatoms. The van der Waals surface area contributed by atoms with Gasteiger partial charge in [0.1, 0.15) is 5.75 Å². The van der Waals surface area contributed by atoms with Crippen molar-refractivity contribution in [1.29, 1.82) is 0 Å². The second kappa shape index (κ2) is 5.07. The molecule has 2 atom stereocenters. The molecule has 0 amide bonds. The van der Waals surface area contributed by atoms with Crippen molar-refractivity contribution in [2.75, 3.05) is 19.8 Å². The van der Waals surface area contributed by atoms with Gasteiger partial charge in [-0.05, 0) is 19.4 Å². The third kappa shape index (κ3) is 2.61. The van der Waals surface area contributed by atoms with E-state index in [2.05, 4.69) is 19.9 Å². The van der Waals surface area contributed by atoms with Gasteiger partial charge >= 0.3 is 0 Å². The maximum Gasteiger partial charge on any atom is 0.123 e. The molecule has 0 fully saturated rings. The van der Waals surface area contributed by atoms with Gasteiger partial charge in [0.05, 0.1) is 18.8 Å². The fraction of sp³-hybridized carbons (Fsp3) is 0.571. The van der Waals surface area contributed by atoms with Crippen LogP contribution in [0.4, 0.5) is 0 Å². The van der Waals surface area contributed by atoms with Crippen LogP contribution in [-0.2, 0) is 4.74 Å². The molecule has 2 rings (SSSR count). The van der Waals surface area contributed by atoms with Gasteiger partial charge in [-0.3, -0.25) is 0 Å². The Morgan fingerprint density at radius 2 is 2.24 bits per heavy atom. The molecule has 0 bridgehead atoms. The summed E-state index contributed by atoms with van der Waals surface area (Å²) in [5.41, 5.74) is 6.78. The van der Waals surface area contributed by atoms with Gasteiger partial charge in [-0.25, -0.2) is 0 Å². The number of hydrogen-bond acceptors (Lipinski definition) is 3. The molecule has 0 aromatic heterocycles. The standard InChI is InChI=1S/C14H21NO2/c1-3-14(2,10-15)17-9-11-8-16-13-7-5-4-6-12(11)13/h4-7,11H,3,8-10,15H2,1-2H3. The zero-order valence-electron chi connectivity index (χ0n) is 10.6. The molecule has 2 unspecified atom stereocenters. The monoisotopic (exact) mass is 235 g/mol. The number of ether oxygens (including phenoxy) is 2. The van der Waals surface area contributed by atoms with Crippen molar-refractivity contribution < 1.29 is 9.47 Å². The van der Waals surface area contributed by atoms with E-state index in [0.29, 0.717) is 25.7 Å². The molecule has 1 aliphatic heterocycles. The Balaban J connectivity index is 1.98. The van der Waals surface area contributed by atoms with Gasteiger partial charge in [0.2, 0.25) is 0 Å². The fourth-order valence-electron chi connectivity index (χ4n) is 1.97. The van der Waals surface area contributed by atoms with E-state index in [4.69, 9.17) is 15.2 Å². The number of hydrogen-bond donors (Lipinski definition) is 1. The van der Waals surface area contributed by atoms with Crippen molar-refractivity contribution >= 4 is 0 Å². The summed E-state index contributed by atoms with van der Waals surface area (Å²) >= 11 is 0. The number of fused-ring (bicyclic) bond motifs is 1. The Labute approximate surface area is 103 Å². The lowest BCUT2D eigenvalue weighted by molar-refractivity contribution is -0.0356. The summed E-state index contributed by atoms with van der Waals surface area (Å²) in [6, 6.07) is 8.17. The van der Waals surface area contributed by atoms with Crippen molar-refractivity contribution in [2.24, 2.45) is 5.73 Å². The Morgan fingerprint density at radius 1 is 1.47 bits per heavy atom. The molecular formula is C14H21NO2. The van der Waals surface area contributed by atoms with Crippen LogP contribution in [0.25, 0.3) is 0 Å². The molecule has 2 N–H and O–H groups in total. The Bertz CT molecular complexity index is 374. The van der Waals surface area contributed by atoms with Gasteiger partial charge in [-0.15, -0.1) is 0 Å². The number of nitrogens with two attached hydrogens (primary N) is 1. The number of rotatable bonds is 5. The smallest absolute Gasteiger partial charge is 0.123 e. The summed E-state index contributed by atoms with van der Waals surface area (Å²) in [6.07, 6.45) is 0.929. The van der Waals surface area contributed by atoms with Crippen LogP contribution in [0.5, 0.6) is 5.75 Å². The minimum atomic E-state index is -0.211. The summed E-state index contributed by atoms with van der Waals surface area (Å²) in [5.74, 6) is 1.33. The maximum absolute atomic E-state index is 5.96. The van der Waals surface area contributed by atoms with Gasteiger partial charge in [0.25, 0.3) is 0 Å². The van der Waals surface area contributed by atoms with Crippen LogP contribution in [0.1, 0.15) is 31.7 Å². The molecule has 0 aliphatic carbocycles. The SMILES string of the molecule is CCC(C)(CN)OCC1COc2ccccc21. The normalized spacial score (nSPS) is 21.7. The molecule has 94 valence electrons. The lowest BCUT2D eigenvalue weighted by atomic mass is 10.0. The molecule has 0 saturated carbocycles. The summed E-state index contributed by atoms with van der Waals surface area (Å²) < 4.78 is 11.6. The van der Waals surface area contributed by atoms with E-state index in [0.717, 1.165) is 12.2 Å². The van der Waals surface area contributed by atoms with Crippen molar-refractivity contribution in [3.8, 4) is 5.75 Å². The lowest BCUT2D eigenvalue weighted by Crippen LogP contribution is -2.38. The molecule has 0 radical (unpaired) electrons. The Hall–Kier alpha value is -1.06. The summed E-state index contributed by atoms with van der Waals surface area (Å²) in [5, 5.41) is 0. The van der Waals surface area contributed by atoms with Crippen LogP contribution in [0.2, 0.25) is 0 Å². The van der Waals surface area contributed by atoms with Gasteiger partial charge in [-0.2, -0.15) is 0 Å². The maximum atomic E-state index is 5.96. The topological polar surface area (TPSA) is 44.5 Å². The van der Waals surface area contributed by atoms with Crippen molar-refractivity contribution in [3.05, 3.63) is 29.8 Å². The van der Waals surface area contributed by atoms with E-state index in [1.54, 1.807) is 0 Å². The van der Waals surface area contributed by atoms with E-state index in [1.807, 2.05) is 18.2 Å². The first-order valence-electron chi connectivity index (χ1n) is 6.24. The average Bonchev–Trinajstić information content (AvgIpc) is 2.79. The Kier molecular flexibility index (Phi) is 3.69. The van der Waals surface area contributed by atoms with E-state index in [-0.39, 0.29) is 5.60 Å². The third-order valence-corrected chi connectivity index (χ3v) is 3.61. The molecule has 0 saturated heterocycles. The molecule has 1 heterocycles. The minimum Gasteiger partial charge on any atom is -0.493 e. The highest BCUT2D eigenvalue weighted by molar-refractivity contribution is 5.39. The van der Waals surface area contributed by atoms with Gasteiger partial charge < -0.3 is 15.2 Å². The minimum absolute atomic E-state index is 0.211. The zero-order valence-corrected chi connectivity index (χ0v) is 10.6. The summed E-state index contributed by atoms with van der Waals surface area (Å²) in [4.78, 5) is 0. The number of benzene rings is 1. The second-order valence-corrected chi connectivity index (χ2v) is 4.86. The van der Waals surface area contributed by atoms with E-state index in [1.165, 1.54) is 5.56 Å². The van der Waals surface area contributed by atoms with Crippen LogP contribution in [0.15, 0.2) is 24.3 Å². The summed E-state index contributed by atoms with van der Waals surface area (Å²) in [6.45, 7) is 6.11. The largest absolute Gasteiger partial charge is 0.493 e. The van der Waals surface area contributed by atoms with Gasteiger partial charge in [-0.1, -0.05) is 25.1 Å². The predicted molar refractivity (Wildman–Crippen MR) is 68.4 cm³/mol. The average molecular weight is 235 g/mol. The first-order chi connectivity index (χ1) is 8.18. The molecule has 3 nitrogen and oxygen atoms in total. The van der Waals surface area contributed by atoms with Gasteiger partial charge in [0, 0.05) is 18.0 Å². The number of para-hydroxylation sites is 1. The first-order valence-corrected chi connectivity index (χ1v) is 6.24. The van der Waals surface area contributed by atoms with Crippen LogP contribution in [0.3, 0.4) is 0 Å². The Morgan fingerprint density at radius 3 is 2.94 bits per heavy atom. The summed E-state index contributed by atoms with van der Waals surface area (Å²) in [7, 11) is 0. The molecular weight excluding hydrogens is 214 g/mol. The quantitative estimate of drug-likeness (QED) is 0.851. The second-order valence-electron chi connectivity index (χ2n) is 4.86. The molecule has 1 aliphatic rings. The third-order valence-electron chi connectivity index (χ3n) is 3.61. The van der Waals surface area contributed by atoms with Crippen LogP contribution >= 0.6 is 0 Å². The predicted octanol–water partition coefficient (Wildman–Crippen LogP) is 2.31. The highest BCUT2D eigenvalue weighted by Crippen LogP contribution is 2.34. The van der Waals surface area contributed by atoms with E-state index in [9.17, 15) is 0 Å². The molecule has 0 spiro atoms. The van der Waals surface area contributed by atoms with E-state index >= 15 is 0 Å². The van der Waals surface area contributed by atoms with Gasteiger partial charge in [0.15, 0.2) is 0 Å². The fourth-order valence-corrected chi connectivity index (χ4v) is 1.97. The van der Waals surface area contributed by atoms with Crippen LogP contribution in [-0.4, -0.2) is 25.4 Å². The molecule has 1 aromatic rings. The van der Waals surface area contributed by atoms with Crippen molar-refractivity contribution in [3.63, 3.8) is 0 Å².